The van der Waals surface area contributed by atoms with Crippen LogP contribution in [0.1, 0.15) is 11.1 Å². The number of phenols is 2. The van der Waals surface area contributed by atoms with E-state index in [1.807, 2.05) is 38.1 Å². The van der Waals surface area contributed by atoms with Gasteiger partial charge in [-0.3, -0.25) is 0 Å². The Morgan fingerprint density at radius 2 is 1.44 bits per heavy atom. The third-order valence-corrected chi connectivity index (χ3v) is 2.76. The summed E-state index contributed by atoms with van der Waals surface area (Å²) in [4.78, 5) is 0. The van der Waals surface area contributed by atoms with Crippen LogP contribution in [0.25, 0.3) is 11.1 Å². The molecule has 0 aliphatic rings. The number of hydrogen-bond donors (Lipinski definition) is 2. The number of hydrogen-bond acceptors (Lipinski definition) is 2. The van der Waals surface area contributed by atoms with Crippen LogP contribution in [0.4, 0.5) is 0 Å². The molecule has 0 bridgehead atoms. The van der Waals surface area contributed by atoms with E-state index in [0.29, 0.717) is 11.1 Å². The van der Waals surface area contributed by atoms with Gasteiger partial charge < -0.3 is 10.2 Å². The molecule has 0 fully saturated rings. The second-order valence-corrected chi connectivity index (χ2v) is 3.94. The minimum Gasteiger partial charge on any atom is -0.507 e. The van der Waals surface area contributed by atoms with E-state index in [1.54, 1.807) is 12.1 Å². The first kappa shape index (κ1) is 10.6. The highest BCUT2D eigenvalue weighted by Crippen LogP contribution is 2.38. The average molecular weight is 214 g/mol. The normalized spacial score (nSPS) is 10.4. The van der Waals surface area contributed by atoms with Gasteiger partial charge in [0.2, 0.25) is 0 Å². The molecule has 2 heteroatoms. The maximum Gasteiger partial charge on any atom is 0.126 e. The number of para-hydroxylation sites is 1. The van der Waals surface area contributed by atoms with E-state index in [9.17, 15) is 10.2 Å². The van der Waals surface area contributed by atoms with Crippen molar-refractivity contribution in [1.82, 2.24) is 0 Å². The van der Waals surface area contributed by atoms with Crippen LogP contribution >= 0.6 is 0 Å². The lowest BCUT2D eigenvalue weighted by molar-refractivity contribution is 0.466. The summed E-state index contributed by atoms with van der Waals surface area (Å²) in [6, 6.07) is 10.9. The van der Waals surface area contributed by atoms with E-state index >= 15 is 0 Å². The minimum atomic E-state index is 0.195. The second kappa shape index (κ2) is 3.89. The number of aryl methyl sites for hydroxylation is 2. The maximum atomic E-state index is 9.99. The molecule has 0 spiro atoms. The summed E-state index contributed by atoms with van der Waals surface area (Å²) in [7, 11) is 0. The summed E-state index contributed by atoms with van der Waals surface area (Å²) >= 11 is 0. The molecule has 0 saturated heterocycles. The summed E-state index contributed by atoms with van der Waals surface area (Å²) in [5.74, 6) is 0.424. The largest absolute Gasteiger partial charge is 0.507 e. The molecule has 2 rings (SSSR count). The Morgan fingerprint density at radius 1 is 0.812 bits per heavy atom. The lowest BCUT2D eigenvalue weighted by Gasteiger charge is -2.11. The quantitative estimate of drug-likeness (QED) is 0.764. The van der Waals surface area contributed by atoms with Gasteiger partial charge in [-0.25, -0.2) is 0 Å². The van der Waals surface area contributed by atoms with Crippen LogP contribution in [0.3, 0.4) is 0 Å². The molecule has 0 heterocycles. The van der Waals surface area contributed by atoms with Crippen LogP contribution in [0.2, 0.25) is 0 Å². The van der Waals surface area contributed by atoms with Gasteiger partial charge in [-0.1, -0.05) is 30.3 Å². The van der Waals surface area contributed by atoms with Gasteiger partial charge in [-0.05, 0) is 31.0 Å². The summed E-state index contributed by atoms with van der Waals surface area (Å²) < 4.78 is 0. The molecule has 0 atom stereocenters. The van der Waals surface area contributed by atoms with Gasteiger partial charge in [-0.2, -0.15) is 0 Å². The zero-order valence-electron chi connectivity index (χ0n) is 9.36. The van der Waals surface area contributed by atoms with Crippen LogP contribution < -0.4 is 0 Å². The molecule has 2 nitrogen and oxygen atoms in total. The Kier molecular flexibility index (Phi) is 2.57. The number of rotatable bonds is 1. The van der Waals surface area contributed by atoms with Gasteiger partial charge in [0.15, 0.2) is 0 Å². The van der Waals surface area contributed by atoms with Crippen LogP contribution in [0, 0.1) is 13.8 Å². The minimum absolute atomic E-state index is 0.195. The van der Waals surface area contributed by atoms with Crippen LogP contribution in [0.15, 0.2) is 36.4 Å². The summed E-state index contributed by atoms with van der Waals surface area (Å²) in [6.45, 7) is 3.75. The van der Waals surface area contributed by atoms with Crippen molar-refractivity contribution >= 4 is 0 Å². The fraction of sp³-hybridized carbons (Fsp3) is 0.143. The molecular weight excluding hydrogens is 200 g/mol. The van der Waals surface area contributed by atoms with Gasteiger partial charge in [0.1, 0.15) is 11.5 Å². The molecule has 2 aromatic rings. The van der Waals surface area contributed by atoms with Crippen molar-refractivity contribution in [3.63, 3.8) is 0 Å². The van der Waals surface area contributed by atoms with Gasteiger partial charge >= 0.3 is 0 Å². The lowest BCUT2D eigenvalue weighted by atomic mass is 9.97. The summed E-state index contributed by atoms with van der Waals surface area (Å²) in [5.41, 5.74) is 3.13. The molecule has 2 aromatic carbocycles. The zero-order chi connectivity index (χ0) is 11.7. The van der Waals surface area contributed by atoms with Crippen molar-refractivity contribution < 1.29 is 10.2 Å². The van der Waals surface area contributed by atoms with Crippen molar-refractivity contribution in [3.8, 4) is 22.6 Å². The highest BCUT2D eigenvalue weighted by molar-refractivity contribution is 5.78. The topological polar surface area (TPSA) is 40.5 Å². The molecule has 0 amide bonds. The molecule has 0 radical (unpaired) electrons. The summed E-state index contributed by atoms with van der Waals surface area (Å²) in [5, 5.41) is 19.8. The third kappa shape index (κ3) is 1.63. The molecule has 16 heavy (non-hydrogen) atoms. The predicted octanol–water partition coefficient (Wildman–Crippen LogP) is 3.38. The van der Waals surface area contributed by atoms with E-state index in [2.05, 4.69) is 0 Å². The van der Waals surface area contributed by atoms with Crippen molar-refractivity contribution in [2.24, 2.45) is 0 Å². The SMILES string of the molecule is Cc1cccc(-c2c(C)cccc2O)c1O. The van der Waals surface area contributed by atoms with Crippen molar-refractivity contribution in [1.29, 1.82) is 0 Å². The smallest absolute Gasteiger partial charge is 0.126 e. The molecular formula is C14H14O2. The highest BCUT2D eigenvalue weighted by atomic mass is 16.3. The van der Waals surface area contributed by atoms with E-state index in [1.165, 1.54) is 0 Å². The molecule has 0 unspecified atom stereocenters. The first-order valence-electron chi connectivity index (χ1n) is 5.19. The molecule has 0 aliphatic heterocycles. The fourth-order valence-corrected chi connectivity index (χ4v) is 1.86. The average Bonchev–Trinajstić information content (AvgIpc) is 2.24. The second-order valence-electron chi connectivity index (χ2n) is 3.94. The number of benzene rings is 2. The molecule has 0 aromatic heterocycles. The van der Waals surface area contributed by atoms with Gasteiger partial charge in [0, 0.05) is 11.1 Å². The maximum absolute atomic E-state index is 9.99. The van der Waals surface area contributed by atoms with Crippen LogP contribution in [0.5, 0.6) is 11.5 Å². The monoisotopic (exact) mass is 214 g/mol. The van der Waals surface area contributed by atoms with Gasteiger partial charge in [-0.15, -0.1) is 0 Å². The van der Waals surface area contributed by atoms with Gasteiger partial charge in [0.25, 0.3) is 0 Å². The lowest BCUT2D eigenvalue weighted by Crippen LogP contribution is -1.86. The zero-order valence-corrected chi connectivity index (χ0v) is 9.36. The first-order valence-corrected chi connectivity index (χ1v) is 5.19. The van der Waals surface area contributed by atoms with Crippen molar-refractivity contribution in [3.05, 3.63) is 47.5 Å². The Labute approximate surface area is 94.8 Å². The highest BCUT2D eigenvalue weighted by Gasteiger charge is 2.12. The Morgan fingerprint density at radius 3 is 2.12 bits per heavy atom. The Bertz CT molecular complexity index is 510. The van der Waals surface area contributed by atoms with Crippen molar-refractivity contribution in [2.75, 3.05) is 0 Å². The summed E-state index contributed by atoms with van der Waals surface area (Å²) in [6.07, 6.45) is 0. The molecule has 0 saturated carbocycles. The molecule has 0 aliphatic carbocycles. The van der Waals surface area contributed by atoms with Gasteiger partial charge in [0.05, 0.1) is 0 Å². The number of phenolic OH excluding ortho intramolecular Hbond substituents is 2. The molecule has 82 valence electrons. The number of aromatic hydroxyl groups is 2. The van der Waals surface area contributed by atoms with E-state index < -0.39 is 0 Å². The first-order chi connectivity index (χ1) is 7.61. The fourth-order valence-electron chi connectivity index (χ4n) is 1.86. The van der Waals surface area contributed by atoms with Crippen LogP contribution in [-0.2, 0) is 0 Å². The van der Waals surface area contributed by atoms with E-state index in [4.69, 9.17) is 0 Å². The Hall–Kier alpha value is -1.96. The standard InChI is InChI=1S/C14H14O2/c1-9-5-4-8-12(15)13(9)11-7-3-6-10(2)14(11)16/h3-8,15-16H,1-2H3. The molecule has 2 N–H and O–H groups in total. The van der Waals surface area contributed by atoms with E-state index in [0.717, 1.165) is 11.1 Å². The van der Waals surface area contributed by atoms with Crippen LogP contribution in [-0.4, -0.2) is 10.2 Å². The van der Waals surface area contributed by atoms with E-state index in [-0.39, 0.29) is 11.5 Å². The Balaban J connectivity index is 2.73. The third-order valence-electron chi connectivity index (χ3n) is 2.76. The predicted molar refractivity (Wildman–Crippen MR) is 64.7 cm³/mol. The van der Waals surface area contributed by atoms with Crippen molar-refractivity contribution in [2.45, 2.75) is 13.8 Å².